The Morgan fingerprint density at radius 2 is 1.93 bits per heavy atom. The Bertz CT molecular complexity index is 1090. The van der Waals surface area contributed by atoms with Gasteiger partial charge in [-0.05, 0) is 59.7 Å². The molecule has 140 valence electrons. The van der Waals surface area contributed by atoms with E-state index in [4.69, 9.17) is 0 Å². The third-order valence-corrected chi connectivity index (χ3v) is 5.45. The van der Waals surface area contributed by atoms with Crippen molar-refractivity contribution in [1.82, 2.24) is 20.2 Å². The molecule has 0 aliphatic heterocycles. The smallest absolute Gasteiger partial charge is 0.262 e. The number of sulfonamides is 1. The number of anilines is 2. The standard InChI is InChI=1S/C17H18N6O3S/c1-11-7-8-14(19-13(3)24)9-17(11)27(25,26)20-15-5-4-6-16(12(15)2)23-10-18-21-22-23/h4-10,20H,1-3H3,(H,19,24). The molecule has 0 saturated carbocycles. The van der Waals surface area contributed by atoms with Gasteiger partial charge in [-0.2, -0.15) is 0 Å². The zero-order valence-corrected chi connectivity index (χ0v) is 15.8. The van der Waals surface area contributed by atoms with Crippen molar-refractivity contribution in [2.75, 3.05) is 10.0 Å². The number of carbonyl (C=O) groups is 1. The Kier molecular flexibility index (Phi) is 4.91. The van der Waals surface area contributed by atoms with Gasteiger partial charge < -0.3 is 5.32 Å². The molecule has 1 aromatic heterocycles. The summed E-state index contributed by atoms with van der Waals surface area (Å²) in [5, 5.41) is 13.6. The topological polar surface area (TPSA) is 119 Å². The van der Waals surface area contributed by atoms with Crippen molar-refractivity contribution in [3.8, 4) is 5.69 Å². The first-order valence-electron chi connectivity index (χ1n) is 8.02. The zero-order valence-electron chi connectivity index (χ0n) is 15.0. The molecule has 0 aliphatic rings. The van der Waals surface area contributed by atoms with Gasteiger partial charge in [0.25, 0.3) is 10.0 Å². The lowest BCUT2D eigenvalue weighted by Gasteiger charge is -2.15. The van der Waals surface area contributed by atoms with Gasteiger partial charge in [0.15, 0.2) is 0 Å². The Morgan fingerprint density at radius 1 is 1.15 bits per heavy atom. The molecule has 27 heavy (non-hydrogen) atoms. The van der Waals surface area contributed by atoms with Crippen LogP contribution in [0.15, 0.2) is 47.6 Å². The number of nitrogens with one attached hydrogen (secondary N) is 2. The summed E-state index contributed by atoms with van der Waals surface area (Å²) in [6.45, 7) is 4.83. The fraction of sp³-hybridized carbons (Fsp3) is 0.176. The molecule has 0 saturated heterocycles. The van der Waals surface area contributed by atoms with Crippen LogP contribution in [0.4, 0.5) is 11.4 Å². The summed E-state index contributed by atoms with van der Waals surface area (Å²) in [6.07, 6.45) is 1.43. The van der Waals surface area contributed by atoms with Crippen LogP contribution in [0.25, 0.3) is 5.69 Å². The Morgan fingerprint density at radius 3 is 2.59 bits per heavy atom. The molecular weight excluding hydrogens is 368 g/mol. The average Bonchev–Trinajstić information content (AvgIpc) is 3.12. The zero-order chi connectivity index (χ0) is 19.6. The van der Waals surface area contributed by atoms with Crippen molar-refractivity contribution in [3.63, 3.8) is 0 Å². The number of benzene rings is 2. The number of aryl methyl sites for hydroxylation is 1. The summed E-state index contributed by atoms with van der Waals surface area (Å²) < 4.78 is 29.9. The Labute approximate surface area is 156 Å². The van der Waals surface area contributed by atoms with Gasteiger partial charge in [-0.25, -0.2) is 13.1 Å². The van der Waals surface area contributed by atoms with E-state index in [-0.39, 0.29) is 10.8 Å². The molecule has 1 amide bonds. The lowest BCUT2D eigenvalue weighted by atomic mass is 10.1. The third kappa shape index (κ3) is 3.95. The van der Waals surface area contributed by atoms with Crippen molar-refractivity contribution < 1.29 is 13.2 Å². The second-order valence-corrected chi connectivity index (χ2v) is 7.62. The number of aromatic nitrogens is 4. The first-order valence-corrected chi connectivity index (χ1v) is 9.50. The second-order valence-electron chi connectivity index (χ2n) is 5.97. The maximum Gasteiger partial charge on any atom is 0.262 e. The summed E-state index contributed by atoms with van der Waals surface area (Å²) in [5.41, 5.74) is 2.71. The Balaban J connectivity index is 1.98. The minimum Gasteiger partial charge on any atom is -0.326 e. The minimum atomic E-state index is -3.87. The van der Waals surface area contributed by atoms with E-state index in [1.165, 1.54) is 24.0 Å². The summed E-state index contributed by atoms with van der Waals surface area (Å²) in [5.74, 6) is -0.278. The summed E-state index contributed by atoms with van der Waals surface area (Å²) in [7, 11) is -3.87. The van der Waals surface area contributed by atoms with E-state index in [1.807, 2.05) is 0 Å². The molecule has 0 radical (unpaired) electrons. The van der Waals surface area contributed by atoms with Gasteiger partial charge in [0.1, 0.15) is 6.33 Å². The van der Waals surface area contributed by atoms with Crippen LogP contribution in [-0.2, 0) is 14.8 Å². The quantitative estimate of drug-likeness (QED) is 0.693. The van der Waals surface area contributed by atoms with Crippen LogP contribution >= 0.6 is 0 Å². The summed E-state index contributed by atoms with van der Waals surface area (Å²) >= 11 is 0. The molecule has 1 heterocycles. The van der Waals surface area contributed by atoms with Crippen LogP contribution in [0, 0.1) is 13.8 Å². The van der Waals surface area contributed by atoms with Crippen LogP contribution < -0.4 is 10.0 Å². The highest BCUT2D eigenvalue weighted by atomic mass is 32.2. The van der Waals surface area contributed by atoms with Crippen LogP contribution in [0.5, 0.6) is 0 Å². The van der Waals surface area contributed by atoms with Crippen molar-refractivity contribution in [3.05, 3.63) is 53.9 Å². The number of hydrogen-bond acceptors (Lipinski definition) is 6. The van der Waals surface area contributed by atoms with Gasteiger partial charge >= 0.3 is 0 Å². The normalized spacial score (nSPS) is 11.2. The molecule has 2 aromatic carbocycles. The molecular formula is C17H18N6O3S. The molecule has 0 bridgehead atoms. The monoisotopic (exact) mass is 386 g/mol. The molecule has 0 unspecified atom stereocenters. The van der Waals surface area contributed by atoms with Gasteiger partial charge in [-0.3, -0.25) is 9.52 Å². The lowest BCUT2D eigenvalue weighted by Crippen LogP contribution is -2.16. The second kappa shape index (κ2) is 7.16. The van der Waals surface area contributed by atoms with E-state index in [2.05, 4.69) is 25.6 Å². The van der Waals surface area contributed by atoms with Gasteiger partial charge in [0.2, 0.25) is 5.91 Å². The largest absolute Gasteiger partial charge is 0.326 e. The van der Waals surface area contributed by atoms with E-state index < -0.39 is 10.0 Å². The van der Waals surface area contributed by atoms with E-state index in [0.29, 0.717) is 28.2 Å². The molecule has 9 nitrogen and oxygen atoms in total. The van der Waals surface area contributed by atoms with Gasteiger partial charge in [0, 0.05) is 12.6 Å². The van der Waals surface area contributed by atoms with E-state index in [1.54, 1.807) is 44.2 Å². The van der Waals surface area contributed by atoms with Crippen LogP contribution in [0.3, 0.4) is 0 Å². The van der Waals surface area contributed by atoms with Gasteiger partial charge in [0.05, 0.1) is 16.3 Å². The highest BCUT2D eigenvalue weighted by Crippen LogP contribution is 2.27. The molecule has 10 heteroatoms. The van der Waals surface area contributed by atoms with Crippen molar-refractivity contribution in [1.29, 1.82) is 0 Å². The highest BCUT2D eigenvalue weighted by Gasteiger charge is 2.20. The number of carbonyl (C=O) groups excluding carboxylic acids is 1. The number of nitrogens with zero attached hydrogens (tertiary/aromatic N) is 4. The predicted octanol–water partition coefficient (Wildman–Crippen LogP) is 2.04. The molecule has 0 aliphatic carbocycles. The molecule has 2 N–H and O–H groups in total. The molecule has 0 atom stereocenters. The highest BCUT2D eigenvalue weighted by molar-refractivity contribution is 7.92. The fourth-order valence-electron chi connectivity index (χ4n) is 2.62. The number of amides is 1. The number of hydrogen-bond donors (Lipinski definition) is 2. The average molecular weight is 386 g/mol. The maximum absolute atomic E-state index is 12.9. The first kappa shape index (κ1) is 18.5. The SMILES string of the molecule is CC(=O)Nc1ccc(C)c(S(=O)(=O)Nc2cccc(-n3cnnn3)c2C)c1. The lowest BCUT2D eigenvalue weighted by molar-refractivity contribution is -0.114. The van der Waals surface area contributed by atoms with Crippen LogP contribution in [0.2, 0.25) is 0 Å². The van der Waals surface area contributed by atoms with E-state index >= 15 is 0 Å². The first-order chi connectivity index (χ1) is 12.8. The third-order valence-electron chi connectivity index (χ3n) is 3.94. The summed E-state index contributed by atoms with van der Waals surface area (Å²) in [4.78, 5) is 11.3. The maximum atomic E-state index is 12.9. The number of tetrazole rings is 1. The van der Waals surface area contributed by atoms with Gasteiger partial charge in [-0.1, -0.05) is 12.1 Å². The number of rotatable bonds is 5. The van der Waals surface area contributed by atoms with E-state index in [9.17, 15) is 13.2 Å². The molecule has 3 rings (SSSR count). The van der Waals surface area contributed by atoms with Crippen LogP contribution in [0.1, 0.15) is 18.1 Å². The van der Waals surface area contributed by atoms with Crippen molar-refractivity contribution >= 4 is 27.3 Å². The fourth-order valence-corrected chi connectivity index (χ4v) is 4.02. The van der Waals surface area contributed by atoms with Crippen LogP contribution in [-0.4, -0.2) is 34.5 Å². The predicted molar refractivity (Wildman–Crippen MR) is 100 cm³/mol. The molecule has 0 spiro atoms. The molecule has 0 fully saturated rings. The molecule has 3 aromatic rings. The summed E-state index contributed by atoms with van der Waals surface area (Å²) in [6, 6.07) is 9.88. The van der Waals surface area contributed by atoms with E-state index in [0.717, 1.165) is 0 Å². The minimum absolute atomic E-state index is 0.0842. The van der Waals surface area contributed by atoms with Crippen molar-refractivity contribution in [2.24, 2.45) is 0 Å². The Hall–Kier alpha value is -3.27. The van der Waals surface area contributed by atoms with Crippen molar-refractivity contribution in [2.45, 2.75) is 25.7 Å². The van der Waals surface area contributed by atoms with Gasteiger partial charge in [-0.15, -0.1) is 5.10 Å².